The normalized spacial score (nSPS) is 20.9. The molecule has 16 heavy (non-hydrogen) atoms. The highest BCUT2D eigenvalue weighted by molar-refractivity contribution is 5.31. The maximum absolute atomic E-state index is 9.21. The van der Waals surface area contributed by atoms with Crippen molar-refractivity contribution < 1.29 is 5.11 Å². The molecular formula is C13H16N2O. The van der Waals surface area contributed by atoms with Crippen LogP contribution in [0.1, 0.15) is 24.0 Å². The smallest absolute Gasteiger partial charge is 0.0991 e. The summed E-state index contributed by atoms with van der Waals surface area (Å²) in [4.78, 5) is 2.31. The lowest BCUT2D eigenvalue weighted by Gasteiger charge is -2.22. The van der Waals surface area contributed by atoms with E-state index in [1.165, 1.54) is 12.0 Å². The average Bonchev–Trinajstić information content (AvgIpc) is 2.77. The number of aliphatic hydroxyl groups excluding tert-OH is 1. The Bertz CT molecular complexity index is 380. The van der Waals surface area contributed by atoms with E-state index in [2.05, 4.69) is 11.0 Å². The SMILES string of the molecule is N#Cc1ccc(CN2CCC[C@H]2CO)cc1. The van der Waals surface area contributed by atoms with Crippen LogP contribution in [0.25, 0.3) is 0 Å². The van der Waals surface area contributed by atoms with Gasteiger partial charge >= 0.3 is 0 Å². The maximum atomic E-state index is 9.21. The first-order valence-electron chi connectivity index (χ1n) is 5.67. The largest absolute Gasteiger partial charge is 0.395 e. The molecule has 0 saturated carbocycles. The zero-order valence-corrected chi connectivity index (χ0v) is 9.26. The number of hydrogen-bond acceptors (Lipinski definition) is 3. The lowest BCUT2D eigenvalue weighted by Crippen LogP contribution is -2.31. The van der Waals surface area contributed by atoms with Crippen LogP contribution in [-0.2, 0) is 6.54 Å². The molecule has 3 heteroatoms. The molecular weight excluding hydrogens is 200 g/mol. The van der Waals surface area contributed by atoms with E-state index in [1.807, 2.05) is 24.3 Å². The van der Waals surface area contributed by atoms with Gasteiger partial charge in [0.2, 0.25) is 0 Å². The predicted molar refractivity (Wildman–Crippen MR) is 61.7 cm³/mol. The van der Waals surface area contributed by atoms with Crippen LogP contribution in [-0.4, -0.2) is 29.2 Å². The average molecular weight is 216 g/mol. The Labute approximate surface area is 95.9 Å². The molecule has 1 fully saturated rings. The minimum atomic E-state index is 0.246. The van der Waals surface area contributed by atoms with Crippen LogP contribution in [0.2, 0.25) is 0 Å². The first kappa shape index (κ1) is 11.1. The van der Waals surface area contributed by atoms with Crippen molar-refractivity contribution in [3.8, 4) is 6.07 Å². The molecule has 3 nitrogen and oxygen atoms in total. The maximum Gasteiger partial charge on any atom is 0.0991 e. The molecule has 1 heterocycles. The summed E-state index contributed by atoms with van der Waals surface area (Å²) in [6.07, 6.45) is 2.26. The third kappa shape index (κ3) is 2.41. The zero-order chi connectivity index (χ0) is 11.4. The van der Waals surface area contributed by atoms with E-state index in [1.54, 1.807) is 0 Å². The predicted octanol–water partition coefficient (Wildman–Crippen LogP) is 1.51. The summed E-state index contributed by atoms with van der Waals surface area (Å²) in [6, 6.07) is 10.1. The van der Waals surface area contributed by atoms with Crippen LogP contribution in [0.15, 0.2) is 24.3 Å². The minimum Gasteiger partial charge on any atom is -0.395 e. The van der Waals surface area contributed by atoms with Crippen molar-refractivity contribution in [2.75, 3.05) is 13.2 Å². The van der Waals surface area contributed by atoms with Crippen LogP contribution < -0.4 is 0 Å². The molecule has 0 spiro atoms. The Hall–Kier alpha value is -1.37. The van der Waals surface area contributed by atoms with Gasteiger partial charge in [0.05, 0.1) is 18.2 Å². The van der Waals surface area contributed by atoms with Crippen LogP contribution in [0, 0.1) is 11.3 Å². The number of likely N-dealkylation sites (tertiary alicyclic amines) is 1. The number of rotatable bonds is 3. The molecule has 1 aliphatic rings. The van der Waals surface area contributed by atoms with Gasteiger partial charge in [-0.1, -0.05) is 12.1 Å². The van der Waals surface area contributed by atoms with Gasteiger partial charge in [-0.05, 0) is 37.1 Å². The van der Waals surface area contributed by atoms with E-state index in [9.17, 15) is 5.11 Å². The van der Waals surface area contributed by atoms with Gasteiger partial charge in [-0.2, -0.15) is 5.26 Å². The van der Waals surface area contributed by atoms with Crippen molar-refractivity contribution in [3.05, 3.63) is 35.4 Å². The summed E-state index contributed by atoms with van der Waals surface area (Å²) in [5.74, 6) is 0. The van der Waals surface area contributed by atoms with Gasteiger partial charge in [0, 0.05) is 12.6 Å². The molecule has 0 aliphatic carbocycles. The van der Waals surface area contributed by atoms with Gasteiger partial charge < -0.3 is 5.11 Å². The van der Waals surface area contributed by atoms with Crippen LogP contribution in [0.5, 0.6) is 0 Å². The van der Waals surface area contributed by atoms with E-state index in [-0.39, 0.29) is 6.61 Å². The second kappa shape index (κ2) is 5.11. The highest BCUT2D eigenvalue weighted by atomic mass is 16.3. The van der Waals surface area contributed by atoms with E-state index in [0.717, 1.165) is 19.5 Å². The van der Waals surface area contributed by atoms with E-state index < -0.39 is 0 Å². The summed E-state index contributed by atoms with van der Waals surface area (Å²) in [5.41, 5.74) is 1.91. The van der Waals surface area contributed by atoms with Crippen LogP contribution in [0.3, 0.4) is 0 Å². The quantitative estimate of drug-likeness (QED) is 0.833. The molecule has 1 N–H and O–H groups in total. The van der Waals surface area contributed by atoms with Crippen molar-refractivity contribution in [1.82, 2.24) is 4.90 Å². The molecule has 0 bridgehead atoms. The Morgan fingerprint density at radius 3 is 2.75 bits per heavy atom. The molecule has 84 valence electrons. The highest BCUT2D eigenvalue weighted by Crippen LogP contribution is 2.19. The van der Waals surface area contributed by atoms with Gasteiger partial charge in [0.25, 0.3) is 0 Å². The fourth-order valence-electron chi connectivity index (χ4n) is 2.23. The molecule has 1 aliphatic heterocycles. The Balaban J connectivity index is 2.00. The molecule has 0 amide bonds. The molecule has 0 unspecified atom stereocenters. The minimum absolute atomic E-state index is 0.246. The molecule has 1 aromatic carbocycles. The first-order chi connectivity index (χ1) is 7.83. The van der Waals surface area contributed by atoms with Crippen molar-refractivity contribution in [3.63, 3.8) is 0 Å². The van der Waals surface area contributed by atoms with Crippen molar-refractivity contribution >= 4 is 0 Å². The molecule has 1 atom stereocenters. The summed E-state index contributed by atoms with van der Waals surface area (Å²) in [5, 5.41) is 17.9. The Morgan fingerprint density at radius 1 is 1.38 bits per heavy atom. The second-order valence-electron chi connectivity index (χ2n) is 4.26. The lowest BCUT2D eigenvalue weighted by molar-refractivity contribution is 0.153. The van der Waals surface area contributed by atoms with Crippen LogP contribution in [0.4, 0.5) is 0 Å². The fraction of sp³-hybridized carbons (Fsp3) is 0.462. The van der Waals surface area contributed by atoms with Crippen molar-refractivity contribution in [2.24, 2.45) is 0 Å². The standard InChI is InChI=1S/C13H16N2O/c14-8-11-3-5-12(6-4-11)9-15-7-1-2-13(15)10-16/h3-6,13,16H,1-2,7,9-10H2/t13-/m0/s1. The third-order valence-corrected chi connectivity index (χ3v) is 3.18. The van der Waals surface area contributed by atoms with E-state index >= 15 is 0 Å². The zero-order valence-electron chi connectivity index (χ0n) is 9.26. The lowest BCUT2D eigenvalue weighted by atomic mass is 10.1. The van der Waals surface area contributed by atoms with E-state index in [0.29, 0.717) is 11.6 Å². The van der Waals surface area contributed by atoms with Gasteiger partial charge in [-0.3, -0.25) is 4.90 Å². The summed E-state index contributed by atoms with van der Waals surface area (Å²) in [7, 11) is 0. The summed E-state index contributed by atoms with van der Waals surface area (Å²) in [6.45, 7) is 2.18. The number of benzene rings is 1. The molecule has 0 radical (unpaired) electrons. The van der Waals surface area contributed by atoms with Gasteiger partial charge in [0.1, 0.15) is 0 Å². The number of aliphatic hydroxyl groups is 1. The molecule has 1 aromatic rings. The molecule has 0 aromatic heterocycles. The summed E-state index contributed by atoms with van der Waals surface area (Å²) >= 11 is 0. The Morgan fingerprint density at radius 2 is 2.12 bits per heavy atom. The second-order valence-corrected chi connectivity index (χ2v) is 4.26. The van der Waals surface area contributed by atoms with Gasteiger partial charge in [-0.25, -0.2) is 0 Å². The number of nitriles is 1. The molecule has 1 saturated heterocycles. The van der Waals surface area contributed by atoms with Gasteiger partial charge in [0.15, 0.2) is 0 Å². The monoisotopic (exact) mass is 216 g/mol. The van der Waals surface area contributed by atoms with Crippen LogP contribution >= 0.6 is 0 Å². The molecule has 2 rings (SSSR count). The summed E-state index contributed by atoms with van der Waals surface area (Å²) < 4.78 is 0. The number of hydrogen-bond donors (Lipinski definition) is 1. The topological polar surface area (TPSA) is 47.3 Å². The number of nitrogens with zero attached hydrogens (tertiary/aromatic N) is 2. The van der Waals surface area contributed by atoms with Crippen molar-refractivity contribution in [2.45, 2.75) is 25.4 Å². The Kier molecular flexibility index (Phi) is 3.55. The van der Waals surface area contributed by atoms with Crippen molar-refractivity contribution in [1.29, 1.82) is 5.26 Å². The fourth-order valence-corrected chi connectivity index (χ4v) is 2.23. The third-order valence-electron chi connectivity index (χ3n) is 3.18. The van der Waals surface area contributed by atoms with Gasteiger partial charge in [-0.15, -0.1) is 0 Å². The van der Waals surface area contributed by atoms with E-state index in [4.69, 9.17) is 5.26 Å². The highest BCUT2D eigenvalue weighted by Gasteiger charge is 2.23. The first-order valence-corrected chi connectivity index (χ1v) is 5.67.